The second-order valence-electron chi connectivity index (χ2n) is 3.12. The topological polar surface area (TPSA) is 30.5 Å². The molecule has 3 heteroatoms. The maximum atomic E-state index is 5.44. The van der Waals surface area contributed by atoms with Gasteiger partial charge in [0.2, 0.25) is 0 Å². The highest BCUT2D eigenvalue weighted by atomic mass is 16.5. The lowest BCUT2D eigenvalue weighted by atomic mass is 10.3. The summed E-state index contributed by atoms with van der Waals surface area (Å²) in [4.78, 5) is 0. The SMILES string of the molecule is CNCCCCOCCCCOC. The number of rotatable bonds is 10. The number of hydrogen-bond acceptors (Lipinski definition) is 3. The molecule has 0 aromatic heterocycles. The first kappa shape index (κ1) is 12.9. The van der Waals surface area contributed by atoms with Gasteiger partial charge in [-0.25, -0.2) is 0 Å². The number of hydrogen-bond donors (Lipinski definition) is 1. The molecule has 0 radical (unpaired) electrons. The van der Waals surface area contributed by atoms with Gasteiger partial charge in [-0.3, -0.25) is 0 Å². The van der Waals surface area contributed by atoms with E-state index in [1.165, 1.54) is 6.42 Å². The molecular formula is C10H23NO2. The molecule has 1 N–H and O–H groups in total. The molecule has 0 aliphatic heterocycles. The number of nitrogens with one attached hydrogen (secondary N) is 1. The minimum Gasteiger partial charge on any atom is -0.385 e. The fourth-order valence-corrected chi connectivity index (χ4v) is 1.06. The Kier molecular flexibility index (Phi) is 11.8. The Bertz CT molecular complexity index is 79.0. The van der Waals surface area contributed by atoms with E-state index < -0.39 is 0 Å². The van der Waals surface area contributed by atoms with E-state index in [0.29, 0.717) is 0 Å². The Labute approximate surface area is 81.8 Å². The van der Waals surface area contributed by atoms with Gasteiger partial charge >= 0.3 is 0 Å². The molecule has 0 aromatic rings. The Morgan fingerprint density at radius 1 is 0.923 bits per heavy atom. The second-order valence-corrected chi connectivity index (χ2v) is 3.12. The van der Waals surface area contributed by atoms with E-state index in [1.807, 2.05) is 7.05 Å². The molecule has 0 saturated heterocycles. The van der Waals surface area contributed by atoms with Gasteiger partial charge in [0.1, 0.15) is 0 Å². The summed E-state index contributed by atoms with van der Waals surface area (Å²) in [5.74, 6) is 0. The highest BCUT2D eigenvalue weighted by Gasteiger charge is 1.90. The predicted octanol–water partition coefficient (Wildman–Crippen LogP) is 1.43. The van der Waals surface area contributed by atoms with Crippen molar-refractivity contribution >= 4 is 0 Å². The molecule has 0 unspecified atom stereocenters. The summed E-state index contributed by atoms with van der Waals surface area (Å²) in [6.45, 7) is 3.72. The van der Waals surface area contributed by atoms with Gasteiger partial charge in [0.15, 0.2) is 0 Å². The Hall–Kier alpha value is -0.120. The Balaban J connectivity index is 2.76. The summed E-state index contributed by atoms with van der Waals surface area (Å²) in [7, 11) is 3.71. The van der Waals surface area contributed by atoms with Gasteiger partial charge in [0, 0.05) is 26.9 Å². The summed E-state index contributed by atoms with van der Waals surface area (Å²) < 4.78 is 10.4. The molecule has 80 valence electrons. The molecule has 3 nitrogen and oxygen atoms in total. The minimum atomic E-state index is 0.850. The third-order valence-corrected chi connectivity index (χ3v) is 1.85. The highest BCUT2D eigenvalue weighted by Crippen LogP contribution is 1.93. The Morgan fingerprint density at radius 2 is 1.54 bits per heavy atom. The second kappa shape index (κ2) is 11.9. The van der Waals surface area contributed by atoms with Crippen LogP contribution < -0.4 is 5.32 Å². The van der Waals surface area contributed by atoms with E-state index in [-0.39, 0.29) is 0 Å². The maximum Gasteiger partial charge on any atom is 0.0466 e. The van der Waals surface area contributed by atoms with Crippen molar-refractivity contribution in [1.29, 1.82) is 0 Å². The van der Waals surface area contributed by atoms with Crippen LogP contribution in [-0.2, 0) is 9.47 Å². The first-order valence-corrected chi connectivity index (χ1v) is 5.13. The Morgan fingerprint density at radius 3 is 2.15 bits per heavy atom. The number of methoxy groups -OCH3 is 1. The lowest BCUT2D eigenvalue weighted by Crippen LogP contribution is -2.08. The van der Waals surface area contributed by atoms with Crippen molar-refractivity contribution in [2.45, 2.75) is 25.7 Å². The smallest absolute Gasteiger partial charge is 0.0466 e. The largest absolute Gasteiger partial charge is 0.385 e. The van der Waals surface area contributed by atoms with Crippen LogP contribution in [0.2, 0.25) is 0 Å². The van der Waals surface area contributed by atoms with Crippen molar-refractivity contribution in [3.63, 3.8) is 0 Å². The standard InChI is InChI=1S/C10H23NO2/c1-11-7-3-4-9-13-10-6-5-8-12-2/h11H,3-10H2,1-2H3. The van der Waals surface area contributed by atoms with Crippen molar-refractivity contribution in [1.82, 2.24) is 5.32 Å². The third-order valence-electron chi connectivity index (χ3n) is 1.85. The molecule has 0 bridgehead atoms. The lowest BCUT2D eigenvalue weighted by Gasteiger charge is -2.03. The summed E-state index contributed by atoms with van der Waals surface area (Å²) >= 11 is 0. The fourth-order valence-electron chi connectivity index (χ4n) is 1.06. The molecule has 0 atom stereocenters. The number of unbranched alkanes of at least 4 members (excludes halogenated alkanes) is 2. The van der Waals surface area contributed by atoms with E-state index in [1.54, 1.807) is 7.11 Å². The average Bonchev–Trinajstić information content (AvgIpc) is 2.16. The molecule has 0 fully saturated rings. The van der Waals surface area contributed by atoms with Crippen LogP contribution >= 0.6 is 0 Å². The van der Waals surface area contributed by atoms with Crippen LogP contribution in [0.25, 0.3) is 0 Å². The molecule has 0 heterocycles. The molecule has 0 saturated carbocycles. The molecule has 0 spiro atoms. The zero-order valence-corrected chi connectivity index (χ0v) is 8.97. The molecule has 0 aliphatic rings. The zero-order chi connectivity index (χ0) is 9.78. The predicted molar refractivity (Wildman–Crippen MR) is 55.1 cm³/mol. The van der Waals surface area contributed by atoms with Crippen LogP contribution in [0.3, 0.4) is 0 Å². The number of ether oxygens (including phenoxy) is 2. The summed E-state index contributed by atoms with van der Waals surface area (Å²) in [5.41, 5.74) is 0. The van der Waals surface area contributed by atoms with Gasteiger partial charge in [-0.15, -0.1) is 0 Å². The first-order valence-electron chi connectivity index (χ1n) is 5.13. The van der Waals surface area contributed by atoms with Gasteiger partial charge in [-0.05, 0) is 39.3 Å². The zero-order valence-electron chi connectivity index (χ0n) is 8.97. The van der Waals surface area contributed by atoms with Crippen LogP contribution in [-0.4, -0.2) is 40.5 Å². The highest BCUT2D eigenvalue weighted by molar-refractivity contribution is 4.42. The van der Waals surface area contributed by atoms with Gasteiger partial charge in [0.05, 0.1) is 0 Å². The van der Waals surface area contributed by atoms with E-state index in [4.69, 9.17) is 9.47 Å². The van der Waals surface area contributed by atoms with E-state index >= 15 is 0 Å². The third kappa shape index (κ3) is 11.9. The van der Waals surface area contributed by atoms with Crippen LogP contribution in [0.15, 0.2) is 0 Å². The molecule has 13 heavy (non-hydrogen) atoms. The quantitative estimate of drug-likeness (QED) is 0.527. The van der Waals surface area contributed by atoms with E-state index in [0.717, 1.165) is 45.6 Å². The minimum absolute atomic E-state index is 0.850. The summed E-state index contributed by atoms with van der Waals surface area (Å²) in [5, 5.41) is 3.11. The van der Waals surface area contributed by atoms with Gasteiger partial charge in [0.25, 0.3) is 0 Å². The van der Waals surface area contributed by atoms with Crippen LogP contribution in [0, 0.1) is 0 Å². The fraction of sp³-hybridized carbons (Fsp3) is 1.00. The van der Waals surface area contributed by atoms with Crippen molar-refractivity contribution < 1.29 is 9.47 Å². The van der Waals surface area contributed by atoms with Crippen LogP contribution in [0.4, 0.5) is 0 Å². The van der Waals surface area contributed by atoms with Crippen molar-refractivity contribution in [2.75, 3.05) is 40.5 Å². The van der Waals surface area contributed by atoms with Crippen molar-refractivity contribution in [3.8, 4) is 0 Å². The van der Waals surface area contributed by atoms with E-state index in [9.17, 15) is 0 Å². The molecular weight excluding hydrogens is 166 g/mol. The van der Waals surface area contributed by atoms with Crippen molar-refractivity contribution in [2.24, 2.45) is 0 Å². The van der Waals surface area contributed by atoms with Crippen LogP contribution in [0.5, 0.6) is 0 Å². The van der Waals surface area contributed by atoms with Gasteiger partial charge in [-0.2, -0.15) is 0 Å². The summed E-state index contributed by atoms with van der Waals surface area (Å²) in [6, 6.07) is 0. The lowest BCUT2D eigenvalue weighted by molar-refractivity contribution is 0.116. The summed E-state index contributed by atoms with van der Waals surface area (Å²) in [6.07, 6.45) is 4.58. The normalized spacial score (nSPS) is 10.6. The van der Waals surface area contributed by atoms with Crippen molar-refractivity contribution in [3.05, 3.63) is 0 Å². The van der Waals surface area contributed by atoms with Gasteiger partial charge in [-0.1, -0.05) is 0 Å². The molecule has 0 aliphatic carbocycles. The monoisotopic (exact) mass is 189 g/mol. The van der Waals surface area contributed by atoms with Gasteiger partial charge < -0.3 is 14.8 Å². The molecule has 0 amide bonds. The van der Waals surface area contributed by atoms with E-state index in [2.05, 4.69) is 5.32 Å². The van der Waals surface area contributed by atoms with Crippen LogP contribution in [0.1, 0.15) is 25.7 Å². The average molecular weight is 189 g/mol. The first-order chi connectivity index (χ1) is 6.41. The molecule has 0 rings (SSSR count). The maximum absolute atomic E-state index is 5.44. The molecule has 0 aromatic carbocycles.